The molecule has 0 saturated heterocycles. The molecule has 2 unspecified atom stereocenters. The first-order chi connectivity index (χ1) is 14.5. The van der Waals surface area contributed by atoms with Gasteiger partial charge in [-0.1, -0.05) is 34.1 Å². The number of nitrogens with one attached hydrogen (secondary N) is 1. The van der Waals surface area contributed by atoms with Crippen LogP contribution in [0.15, 0.2) is 48.9 Å². The number of aromatic nitrogens is 3. The second kappa shape index (κ2) is 6.64. The van der Waals surface area contributed by atoms with Crippen molar-refractivity contribution >= 4 is 32.9 Å². The van der Waals surface area contributed by atoms with E-state index in [1.807, 2.05) is 47.2 Å². The number of amides is 1. The molecule has 4 saturated carbocycles. The number of alkyl halides is 1. The van der Waals surface area contributed by atoms with E-state index in [0.717, 1.165) is 41.7 Å². The quantitative estimate of drug-likeness (QED) is 0.565. The number of carbonyl (C=O) groups is 1. The van der Waals surface area contributed by atoms with E-state index in [0.29, 0.717) is 18.4 Å². The summed E-state index contributed by atoms with van der Waals surface area (Å²) in [6.07, 6.45) is 10.6. The van der Waals surface area contributed by atoms with E-state index in [4.69, 9.17) is 0 Å². The third kappa shape index (κ3) is 2.99. The Labute approximate surface area is 184 Å². The first kappa shape index (κ1) is 18.6. The molecule has 2 heterocycles. The van der Waals surface area contributed by atoms with Crippen molar-refractivity contribution in [1.29, 1.82) is 0 Å². The van der Waals surface area contributed by atoms with Gasteiger partial charge in [-0.25, -0.2) is 9.97 Å². The van der Waals surface area contributed by atoms with Gasteiger partial charge in [-0.05, 0) is 74.1 Å². The molecule has 4 fully saturated rings. The number of benzene rings is 1. The Bertz CT molecular complexity index is 1110. The van der Waals surface area contributed by atoms with Crippen LogP contribution in [0.5, 0.6) is 0 Å². The zero-order valence-corrected chi connectivity index (χ0v) is 18.4. The van der Waals surface area contributed by atoms with Crippen molar-refractivity contribution in [3.63, 3.8) is 0 Å². The van der Waals surface area contributed by atoms with Crippen LogP contribution in [0.2, 0.25) is 0 Å². The smallest absolute Gasteiger partial charge is 0.226 e. The molecule has 2 atom stereocenters. The number of hydrogen-bond acceptors (Lipinski definition) is 3. The minimum absolute atomic E-state index is 0.170. The van der Waals surface area contributed by atoms with Crippen molar-refractivity contribution in [3.8, 4) is 5.82 Å². The summed E-state index contributed by atoms with van der Waals surface area (Å²) in [7, 11) is 0. The second-order valence-corrected chi connectivity index (χ2v) is 11.4. The standard InChI is InChI=1S/C24H25BrN4O/c25-24-10-17-7-18(11-24)9-23(8-17,14-24)22(30)27-13-16-5-6-21(26-12-16)29-15-28-19-3-1-2-4-20(19)29/h1-6,12,15,17-18H,7-11,13-14H2,(H,27,30). The molecule has 154 valence electrons. The van der Waals surface area contributed by atoms with Gasteiger partial charge in [-0.3, -0.25) is 9.36 Å². The average Bonchev–Trinajstić information content (AvgIpc) is 3.15. The van der Waals surface area contributed by atoms with Gasteiger partial charge in [0, 0.05) is 17.1 Å². The number of carbonyl (C=O) groups excluding carboxylic acids is 1. The zero-order chi connectivity index (χ0) is 20.3. The van der Waals surface area contributed by atoms with Crippen LogP contribution in [0.1, 0.15) is 44.1 Å². The molecule has 1 aromatic carbocycles. The molecule has 0 aliphatic heterocycles. The highest BCUT2D eigenvalue weighted by Gasteiger charge is 2.59. The lowest BCUT2D eigenvalue weighted by Crippen LogP contribution is -2.58. The molecule has 4 bridgehead atoms. The number of para-hydroxylation sites is 2. The van der Waals surface area contributed by atoms with Gasteiger partial charge in [0.1, 0.15) is 12.1 Å². The molecule has 0 radical (unpaired) electrons. The SMILES string of the molecule is O=C(NCc1ccc(-n2cnc3ccccc32)nc1)C12CC3CC(CC(Br)(C3)C1)C2. The van der Waals surface area contributed by atoms with E-state index in [1.165, 1.54) is 19.3 Å². The normalized spacial score (nSPS) is 31.9. The second-order valence-electron chi connectivity index (χ2n) is 9.70. The summed E-state index contributed by atoms with van der Waals surface area (Å²) in [5, 5.41) is 3.24. The molecule has 6 heteroatoms. The molecule has 4 aliphatic rings. The van der Waals surface area contributed by atoms with Crippen molar-refractivity contribution in [3.05, 3.63) is 54.5 Å². The van der Waals surface area contributed by atoms with Crippen molar-refractivity contribution < 1.29 is 4.79 Å². The van der Waals surface area contributed by atoms with Crippen molar-refractivity contribution in [2.45, 2.75) is 49.4 Å². The summed E-state index contributed by atoms with van der Waals surface area (Å²) in [6.45, 7) is 0.531. The topological polar surface area (TPSA) is 59.8 Å². The van der Waals surface area contributed by atoms with E-state index in [2.05, 4.69) is 31.2 Å². The number of pyridine rings is 1. The van der Waals surface area contributed by atoms with Crippen LogP contribution >= 0.6 is 15.9 Å². The molecule has 2 aromatic heterocycles. The van der Waals surface area contributed by atoms with E-state index in [-0.39, 0.29) is 15.6 Å². The maximum atomic E-state index is 13.2. The van der Waals surface area contributed by atoms with Crippen LogP contribution < -0.4 is 5.32 Å². The number of rotatable bonds is 4. The molecule has 7 rings (SSSR count). The van der Waals surface area contributed by atoms with E-state index >= 15 is 0 Å². The van der Waals surface area contributed by atoms with Gasteiger partial charge in [0.2, 0.25) is 5.91 Å². The minimum Gasteiger partial charge on any atom is -0.351 e. The third-order valence-electron chi connectivity index (χ3n) is 7.43. The van der Waals surface area contributed by atoms with Crippen LogP contribution in [0.25, 0.3) is 16.9 Å². The number of nitrogens with zero attached hydrogens (tertiary/aromatic N) is 3. The lowest BCUT2D eigenvalue weighted by molar-refractivity contribution is -0.144. The van der Waals surface area contributed by atoms with Gasteiger partial charge >= 0.3 is 0 Å². The summed E-state index contributed by atoms with van der Waals surface area (Å²) in [5.41, 5.74) is 2.85. The Kier molecular flexibility index (Phi) is 4.11. The maximum absolute atomic E-state index is 13.2. The van der Waals surface area contributed by atoms with E-state index in [9.17, 15) is 4.79 Å². The van der Waals surface area contributed by atoms with Gasteiger partial charge in [-0.15, -0.1) is 0 Å². The van der Waals surface area contributed by atoms with Crippen LogP contribution in [0.4, 0.5) is 0 Å². The molecule has 0 spiro atoms. The van der Waals surface area contributed by atoms with Crippen LogP contribution in [0.3, 0.4) is 0 Å². The van der Waals surface area contributed by atoms with Crippen LogP contribution in [-0.2, 0) is 11.3 Å². The van der Waals surface area contributed by atoms with Crippen molar-refractivity contribution in [2.24, 2.45) is 17.3 Å². The fourth-order valence-electron chi connectivity index (χ4n) is 6.59. The Hall–Kier alpha value is -2.21. The fourth-order valence-corrected chi connectivity index (χ4v) is 8.04. The predicted octanol–water partition coefficient (Wildman–Crippen LogP) is 4.77. The lowest BCUT2D eigenvalue weighted by atomic mass is 9.49. The maximum Gasteiger partial charge on any atom is 0.226 e. The van der Waals surface area contributed by atoms with Crippen LogP contribution in [-0.4, -0.2) is 24.8 Å². The third-order valence-corrected chi connectivity index (χ3v) is 8.36. The largest absolute Gasteiger partial charge is 0.351 e. The Morgan fingerprint density at radius 2 is 1.90 bits per heavy atom. The predicted molar refractivity (Wildman–Crippen MR) is 119 cm³/mol. The van der Waals surface area contributed by atoms with Gasteiger partial charge in [0.25, 0.3) is 0 Å². The van der Waals surface area contributed by atoms with Gasteiger partial charge < -0.3 is 5.32 Å². The molecule has 3 aromatic rings. The van der Waals surface area contributed by atoms with Gasteiger partial charge in [0.15, 0.2) is 0 Å². The van der Waals surface area contributed by atoms with E-state index < -0.39 is 0 Å². The minimum atomic E-state index is -0.170. The summed E-state index contributed by atoms with van der Waals surface area (Å²) in [6, 6.07) is 12.1. The molecule has 4 aliphatic carbocycles. The molecular formula is C24H25BrN4O. The average molecular weight is 465 g/mol. The first-order valence-corrected chi connectivity index (χ1v) is 11.7. The summed E-state index contributed by atoms with van der Waals surface area (Å²) < 4.78 is 2.19. The van der Waals surface area contributed by atoms with Crippen LogP contribution in [0, 0.1) is 17.3 Å². The number of imidazole rings is 1. The molecular weight excluding hydrogens is 440 g/mol. The molecule has 30 heavy (non-hydrogen) atoms. The zero-order valence-electron chi connectivity index (χ0n) is 16.9. The highest BCUT2D eigenvalue weighted by atomic mass is 79.9. The van der Waals surface area contributed by atoms with Crippen molar-refractivity contribution in [1.82, 2.24) is 19.9 Å². The fraction of sp³-hybridized carbons (Fsp3) is 0.458. The Morgan fingerprint density at radius 3 is 2.63 bits per heavy atom. The molecule has 5 nitrogen and oxygen atoms in total. The number of hydrogen-bond donors (Lipinski definition) is 1. The molecule has 1 amide bonds. The lowest BCUT2D eigenvalue weighted by Gasteiger charge is -2.59. The Balaban J connectivity index is 1.16. The monoisotopic (exact) mass is 464 g/mol. The summed E-state index contributed by atoms with van der Waals surface area (Å²) >= 11 is 4.00. The van der Waals surface area contributed by atoms with E-state index in [1.54, 1.807) is 6.33 Å². The number of halogens is 1. The van der Waals surface area contributed by atoms with Gasteiger partial charge in [0.05, 0.1) is 16.4 Å². The highest BCUT2D eigenvalue weighted by molar-refractivity contribution is 9.10. The van der Waals surface area contributed by atoms with Gasteiger partial charge in [-0.2, -0.15) is 0 Å². The summed E-state index contributed by atoms with van der Waals surface area (Å²) in [4.78, 5) is 22.3. The highest BCUT2D eigenvalue weighted by Crippen LogP contribution is 2.64. The Morgan fingerprint density at radius 1 is 1.10 bits per heavy atom. The van der Waals surface area contributed by atoms with Crippen molar-refractivity contribution in [2.75, 3.05) is 0 Å². The number of fused-ring (bicyclic) bond motifs is 1. The summed E-state index contributed by atoms with van der Waals surface area (Å²) in [5.74, 6) is 2.50. The first-order valence-electron chi connectivity index (χ1n) is 10.9. The molecule has 1 N–H and O–H groups in total.